The van der Waals surface area contributed by atoms with E-state index in [-0.39, 0.29) is 57.8 Å². The molecule has 0 aliphatic carbocycles. The molecule has 1 aromatic rings. The minimum atomic E-state index is -1.25. The first kappa shape index (κ1) is 53.5. The Bertz CT molecular complexity index is 1780. The Morgan fingerprint density at radius 2 is 1.59 bits per heavy atom. The van der Waals surface area contributed by atoms with Crippen LogP contribution in [0.25, 0.3) is 6.08 Å². The number of hydrogen-bond acceptors (Lipinski definition) is 17. The predicted molar refractivity (Wildman–Crippen MR) is 244 cm³/mol. The standard InChI is InChI=1S/C49H74N2O15/c1-29-17-18-38(52)30(2)23-36-19-21-59-27-37(50-63-20-13-16-34-14-11-10-12-15-34)28-60-39(31(3)45(36)66-48-44(56)41(51(6)7)42(54)32(4)64-48)24-40(53)61-25-35(22-29)26-62-49-47(58-9)46(57-8)43(55)33(5)65-49/h10-18,22,30-33,35-36,39,41-49,54-56H,19-21,23-28H2,1-9H3/b16-13+,18-17+,29-22+,50-37+/t30-,31+,32-,33-,35+,36?,39-,41+,42-,43-,44-,45-,46-,47-,48+,49-/m1/s1. The first-order valence-corrected chi connectivity index (χ1v) is 23.1. The van der Waals surface area contributed by atoms with E-state index in [0.29, 0.717) is 18.6 Å². The number of esters is 1. The maximum atomic E-state index is 14.1. The number of fused-ring (bicyclic) bond motifs is 3. The molecule has 3 N–H and O–H groups in total. The van der Waals surface area contributed by atoms with Crippen molar-refractivity contribution < 1.29 is 72.4 Å². The number of nitrogens with zero attached hydrogens (tertiary/aromatic N) is 2. The zero-order valence-electron chi connectivity index (χ0n) is 40.0. The second kappa shape index (κ2) is 26.4. The molecular formula is C49H74N2O15. The molecule has 1 unspecified atom stereocenters. The van der Waals surface area contributed by atoms with Crippen LogP contribution in [0.2, 0.25) is 0 Å². The van der Waals surface area contributed by atoms with Gasteiger partial charge in [-0.15, -0.1) is 0 Å². The maximum Gasteiger partial charge on any atom is 0.308 e. The van der Waals surface area contributed by atoms with Crippen LogP contribution in [0, 0.1) is 23.7 Å². The van der Waals surface area contributed by atoms with E-state index in [1.54, 1.807) is 45.0 Å². The monoisotopic (exact) mass is 931 g/mol. The summed E-state index contributed by atoms with van der Waals surface area (Å²) in [5.41, 5.74) is 2.22. The number of methoxy groups -OCH3 is 2. The average Bonchev–Trinajstić information content (AvgIpc) is 3.31. The van der Waals surface area contributed by atoms with Crippen molar-refractivity contribution in [3.63, 3.8) is 0 Å². The van der Waals surface area contributed by atoms with Crippen molar-refractivity contribution >= 4 is 23.5 Å². The maximum absolute atomic E-state index is 14.1. The number of ketones is 1. The first-order chi connectivity index (χ1) is 31.6. The normalized spacial score (nSPS) is 39.0. The molecule has 16 atom stereocenters. The van der Waals surface area contributed by atoms with Crippen LogP contribution < -0.4 is 0 Å². The quantitative estimate of drug-likeness (QED) is 0.155. The zero-order valence-corrected chi connectivity index (χ0v) is 40.0. The number of allylic oxidation sites excluding steroid dienone is 3. The number of benzene rings is 1. The molecule has 4 heterocycles. The van der Waals surface area contributed by atoms with E-state index in [2.05, 4.69) is 5.16 Å². The summed E-state index contributed by atoms with van der Waals surface area (Å²) in [6.45, 7) is 9.51. The van der Waals surface area contributed by atoms with Crippen LogP contribution in [0.4, 0.5) is 0 Å². The van der Waals surface area contributed by atoms with Crippen molar-refractivity contribution in [3.8, 4) is 0 Å². The third kappa shape index (κ3) is 15.0. The highest BCUT2D eigenvalue weighted by Gasteiger charge is 2.48. The fraction of sp³-hybridized carbons (Fsp3) is 0.694. The highest BCUT2D eigenvalue weighted by atomic mass is 16.7. The van der Waals surface area contributed by atoms with Gasteiger partial charge in [0.25, 0.3) is 0 Å². The van der Waals surface area contributed by atoms with Gasteiger partial charge >= 0.3 is 5.97 Å². The van der Waals surface area contributed by atoms with Gasteiger partial charge in [-0.25, -0.2) is 0 Å². The largest absolute Gasteiger partial charge is 0.465 e. The second-order valence-corrected chi connectivity index (χ2v) is 18.2. The average molecular weight is 931 g/mol. The lowest BCUT2D eigenvalue weighted by molar-refractivity contribution is -0.305. The van der Waals surface area contributed by atoms with E-state index in [4.69, 9.17) is 47.5 Å². The second-order valence-electron chi connectivity index (χ2n) is 18.2. The predicted octanol–water partition coefficient (Wildman–Crippen LogP) is 3.73. The highest BCUT2D eigenvalue weighted by molar-refractivity contribution is 5.91. The van der Waals surface area contributed by atoms with E-state index in [9.17, 15) is 24.9 Å². The molecule has 66 heavy (non-hydrogen) atoms. The van der Waals surface area contributed by atoms with Gasteiger partial charge in [0.2, 0.25) is 0 Å². The van der Waals surface area contributed by atoms with Crippen LogP contribution >= 0.6 is 0 Å². The third-order valence-electron chi connectivity index (χ3n) is 12.9. The first-order valence-electron chi connectivity index (χ1n) is 23.1. The van der Waals surface area contributed by atoms with Crippen LogP contribution in [0.15, 0.2) is 65.4 Å². The van der Waals surface area contributed by atoms with Crippen molar-refractivity contribution in [1.29, 1.82) is 0 Å². The van der Waals surface area contributed by atoms with Gasteiger partial charge in [0.05, 0.1) is 69.4 Å². The lowest BCUT2D eigenvalue weighted by atomic mass is 9.79. The molecule has 0 amide bonds. The van der Waals surface area contributed by atoms with Crippen molar-refractivity contribution in [3.05, 3.63) is 65.8 Å². The van der Waals surface area contributed by atoms with Gasteiger partial charge in [-0.05, 0) is 71.3 Å². The smallest absolute Gasteiger partial charge is 0.308 e. The summed E-state index contributed by atoms with van der Waals surface area (Å²) >= 11 is 0. The van der Waals surface area contributed by atoms with Crippen LogP contribution in [0.3, 0.4) is 0 Å². The lowest BCUT2D eigenvalue weighted by Gasteiger charge is -2.47. The molecule has 3 saturated heterocycles. The minimum absolute atomic E-state index is 0.0334. The third-order valence-corrected chi connectivity index (χ3v) is 12.9. The number of carbonyl (C=O) groups is 2. The van der Waals surface area contributed by atoms with E-state index in [1.165, 1.54) is 14.2 Å². The SMILES string of the molecule is CO[C@@H]1[C@H](O)[C@@H](C)O[C@@H](OC[C@H]2/C=C(C)/C=C/C(=O)[C@H](C)CC3CCOC/C(=N\OC/C=C/c4ccccc4)CO[C@H](CC(=O)OC2)[C@H](C)[C@H]3O[C@@H]2O[C@H](C)[C@@H](O)[C@H](N(C)C)[C@H]2O)[C@@H]1OC. The zero-order chi connectivity index (χ0) is 47.9. The van der Waals surface area contributed by atoms with Gasteiger partial charge in [-0.3, -0.25) is 9.59 Å². The molecule has 17 nitrogen and oxygen atoms in total. The van der Waals surface area contributed by atoms with E-state index in [0.717, 1.165) is 11.1 Å². The Hall–Kier alpha value is -3.43. The molecule has 5 rings (SSSR count). The van der Waals surface area contributed by atoms with Crippen molar-refractivity contribution in [2.45, 2.75) is 127 Å². The van der Waals surface area contributed by atoms with Crippen molar-refractivity contribution in [1.82, 2.24) is 4.90 Å². The Morgan fingerprint density at radius 3 is 2.30 bits per heavy atom. The van der Waals surface area contributed by atoms with E-state index in [1.807, 2.05) is 69.3 Å². The molecular weight excluding hydrogens is 857 g/mol. The van der Waals surface area contributed by atoms with Crippen LogP contribution in [0.5, 0.6) is 0 Å². The topological polar surface area (TPSA) is 203 Å². The number of hydrogen-bond donors (Lipinski definition) is 3. The molecule has 0 radical (unpaired) electrons. The summed E-state index contributed by atoms with van der Waals surface area (Å²) in [5.74, 6) is -2.53. The van der Waals surface area contributed by atoms with Gasteiger partial charge in [-0.2, -0.15) is 0 Å². The molecule has 0 spiro atoms. The number of rotatable bonds is 12. The van der Waals surface area contributed by atoms with Crippen LogP contribution in [0.1, 0.15) is 59.4 Å². The summed E-state index contributed by atoms with van der Waals surface area (Å²) in [4.78, 5) is 35.4. The summed E-state index contributed by atoms with van der Waals surface area (Å²) < 4.78 is 55.2. The number of ether oxygens (including phenoxy) is 9. The van der Waals surface area contributed by atoms with Crippen molar-refractivity contribution in [2.24, 2.45) is 28.8 Å². The minimum Gasteiger partial charge on any atom is -0.465 e. The molecule has 2 bridgehead atoms. The molecule has 0 aromatic heterocycles. The fourth-order valence-electron chi connectivity index (χ4n) is 9.02. The number of carbonyl (C=O) groups excluding carboxylic acids is 2. The molecule has 3 fully saturated rings. The summed E-state index contributed by atoms with van der Waals surface area (Å²) in [6.07, 6.45) is -0.0106. The number of aliphatic hydroxyl groups excluding tert-OH is 3. The Kier molecular flexibility index (Phi) is 21.4. The summed E-state index contributed by atoms with van der Waals surface area (Å²) in [7, 11) is 6.51. The number of cyclic esters (lactones) is 1. The van der Waals surface area contributed by atoms with Crippen molar-refractivity contribution in [2.75, 3.05) is 68.0 Å². The molecule has 4 aliphatic heterocycles. The molecule has 0 saturated carbocycles. The van der Waals surface area contributed by atoms with Gasteiger partial charge < -0.3 is 67.7 Å². The summed E-state index contributed by atoms with van der Waals surface area (Å²) in [6, 6.07) is 9.12. The van der Waals surface area contributed by atoms with Gasteiger partial charge in [0.15, 0.2) is 18.4 Å². The molecule has 370 valence electrons. The molecule has 1 aromatic carbocycles. The Balaban J connectivity index is 1.45. The van der Waals surface area contributed by atoms with E-state index < -0.39 is 97.3 Å². The summed E-state index contributed by atoms with van der Waals surface area (Å²) in [5, 5.41) is 37.7. The number of likely N-dealkylation sites (N-methyl/N-ethyl adjacent to an activating group) is 1. The highest BCUT2D eigenvalue weighted by Crippen LogP contribution is 2.36. The Morgan fingerprint density at radius 1 is 0.879 bits per heavy atom. The Labute approximate surface area is 389 Å². The van der Waals surface area contributed by atoms with Crippen LogP contribution in [-0.4, -0.2) is 179 Å². The van der Waals surface area contributed by atoms with E-state index >= 15 is 0 Å². The van der Waals surface area contributed by atoms with Gasteiger partial charge in [0.1, 0.15) is 36.7 Å². The fourth-order valence-corrected chi connectivity index (χ4v) is 9.02. The lowest BCUT2D eigenvalue weighted by Crippen LogP contribution is -2.63. The molecule has 17 heteroatoms. The number of oxime groups is 1. The number of aliphatic hydroxyl groups is 3. The molecule has 4 aliphatic rings. The van der Waals surface area contributed by atoms with Gasteiger partial charge in [-0.1, -0.05) is 73.1 Å². The van der Waals surface area contributed by atoms with Crippen LogP contribution in [-0.2, 0) is 57.1 Å². The van der Waals surface area contributed by atoms with Gasteiger partial charge in [0, 0.05) is 38.6 Å².